The summed E-state index contributed by atoms with van der Waals surface area (Å²) < 4.78 is 0. The summed E-state index contributed by atoms with van der Waals surface area (Å²) in [7, 11) is 0. The van der Waals surface area contributed by atoms with Gasteiger partial charge in [0.2, 0.25) is 0 Å². The van der Waals surface area contributed by atoms with Crippen molar-refractivity contribution >= 4 is 0 Å². The summed E-state index contributed by atoms with van der Waals surface area (Å²) in [5, 5.41) is 0. The van der Waals surface area contributed by atoms with Crippen LogP contribution in [0.3, 0.4) is 0 Å². The summed E-state index contributed by atoms with van der Waals surface area (Å²) in [5.41, 5.74) is 0. The van der Waals surface area contributed by atoms with Crippen LogP contribution in [-0.4, -0.2) is 24.5 Å². The zero-order valence-corrected chi connectivity index (χ0v) is 5.69. The first-order chi connectivity index (χ1) is 3.93. The smallest absolute Gasteiger partial charge is 0.000654 e. The van der Waals surface area contributed by atoms with Crippen molar-refractivity contribution in [1.82, 2.24) is 4.90 Å². The lowest BCUT2D eigenvalue weighted by Gasteiger charge is -2.30. The van der Waals surface area contributed by atoms with Crippen LogP contribution >= 0.6 is 0 Å². The first-order valence-electron chi connectivity index (χ1n) is 3.66. The van der Waals surface area contributed by atoms with Gasteiger partial charge in [-0.2, -0.15) is 0 Å². The molecule has 1 fully saturated rings. The molecule has 1 nitrogen and oxygen atoms in total. The summed E-state index contributed by atoms with van der Waals surface area (Å²) in [6.45, 7) is 6.32. The largest absolute Gasteiger partial charge is 0.303 e. The average Bonchev–Trinajstić information content (AvgIpc) is 1.63. The van der Waals surface area contributed by atoms with E-state index < -0.39 is 0 Å². The zero-order valence-electron chi connectivity index (χ0n) is 5.69. The van der Waals surface area contributed by atoms with Crippen molar-refractivity contribution in [2.75, 3.05) is 19.6 Å². The van der Waals surface area contributed by atoms with E-state index in [0.717, 1.165) is 0 Å². The maximum atomic E-state index is 2.52. The van der Waals surface area contributed by atoms with E-state index in [-0.39, 0.29) is 0 Å². The molecule has 0 radical (unpaired) electrons. The van der Waals surface area contributed by atoms with Gasteiger partial charge in [-0.25, -0.2) is 0 Å². The Kier molecular flexibility index (Phi) is 2.34. The van der Waals surface area contributed by atoms with E-state index in [2.05, 4.69) is 11.8 Å². The highest BCUT2D eigenvalue weighted by atomic mass is 15.2. The van der Waals surface area contributed by atoms with Crippen LogP contribution in [0.15, 0.2) is 0 Å². The molecule has 1 aliphatic heterocycles. The third-order valence-corrected chi connectivity index (χ3v) is 1.78. The number of unbranched alkanes of at least 4 members (excludes halogenated alkanes) is 1. The van der Waals surface area contributed by atoms with Crippen molar-refractivity contribution < 1.29 is 0 Å². The van der Waals surface area contributed by atoms with Gasteiger partial charge in [-0.15, -0.1) is 0 Å². The van der Waals surface area contributed by atoms with Gasteiger partial charge in [0.05, 0.1) is 0 Å². The zero-order chi connectivity index (χ0) is 5.82. The standard InChI is InChI=1S/C7H15N/c1-2-3-5-8-6-4-7-8/h2-7H2,1H3. The lowest BCUT2D eigenvalue weighted by atomic mass is 10.2. The Morgan fingerprint density at radius 3 is 2.50 bits per heavy atom. The lowest BCUT2D eigenvalue weighted by molar-refractivity contribution is 0.179. The number of nitrogens with zero attached hydrogens (tertiary/aromatic N) is 1. The Bertz CT molecular complexity index is 57.4. The third kappa shape index (κ3) is 1.48. The Morgan fingerprint density at radius 2 is 2.12 bits per heavy atom. The van der Waals surface area contributed by atoms with Gasteiger partial charge in [0.25, 0.3) is 0 Å². The summed E-state index contributed by atoms with van der Waals surface area (Å²) in [6, 6.07) is 0. The van der Waals surface area contributed by atoms with Gasteiger partial charge in [0, 0.05) is 0 Å². The van der Waals surface area contributed by atoms with Crippen molar-refractivity contribution in [3.63, 3.8) is 0 Å². The Morgan fingerprint density at radius 1 is 1.38 bits per heavy atom. The fraction of sp³-hybridized carbons (Fsp3) is 1.00. The van der Waals surface area contributed by atoms with E-state index in [1.807, 2.05) is 0 Å². The first kappa shape index (κ1) is 6.09. The van der Waals surface area contributed by atoms with Crippen LogP contribution in [0.1, 0.15) is 26.2 Å². The van der Waals surface area contributed by atoms with Crippen LogP contribution in [-0.2, 0) is 0 Å². The van der Waals surface area contributed by atoms with Crippen LogP contribution in [0.25, 0.3) is 0 Å². The van der Waals surface area contributed by atoms with Crippen LogP contribution in [0.2, 0.25) is 0 Å². The molecule has 0 aromatic rings. The maximum absolute atomic E-state index is 2.52. The van der Waals surface area contributed by atoms with Crippen LogP contribution in [0, 0.1) is 0 Å². The Labute approximate surface area is 51.7 Å². The predicted molar refractivity (Wildman–Crippen MR) is 36.0 cm³/mol. The van der Waals surface area contributed by atoms with Gasteiger partial charge >= 0.3 is 0 Å². The molecule has 0 spiro atoms. The SMILES string of the molecule is CCCCN1CCC1. The van der Waals surface area contributed by atoms with Gasteiger partial charge < -0.3 is 4.90 Å². The van der Waals surface area contributed by atoms with E-state index in [1.165, 1.54) is 38.9 Å². The minimum absolute atomic E-state index is 1.34. The number of hydrogen-bond acceptors (Lipinski definition) is 1. The molecule has 0 aromatic carbocycles. The van der Waals surface area contributed by atoms with Crippen molar-refractivity contribution in [2.24, 2.45) is 0 Å². The first-order valence-corrected chi connectivity index (χ1v) is 3.66. The van der Waals surface area contributed by atoms with Crippen molar-refractivity contribution in [3.05, 3.63) is 0 Å². The highest BCUT2D eigenvalue weighted by Gasteiger charge is 2.11. The monoisotopic (exact) mass is 113 g/mol. The van der Waals surface area contributed by atoms with Gasteiger partial charge in [0.1, 0.15) is 0 Å². The van der Waals surface area contributed by atoms with E-state index in [1.54, 1.807) is 0 Å². The molecule has 0 atom stereocenters. The number of likely N-dealkylation sites (tertiary alicyclic amines) is 1. The molecule has 0 unspecified atom stereocenters. The van der Waals surface area contributed by atoms with E-state index in [4.69, 9.17) is 0 Å². The maximum Gasteiger partial charge on any atom is -0.000654 e. The lowest BCUT2D eigenvalue weighted by Crippen LogP contribution is -2.37. The second kappa shape index (κ2) is 3.08. The van der Waals surface area contributed by atoms with Crippen LogP contribution in [0.5, 0.6) is 0 Å². The van der Waals surface area contributed by atoms with Gasteiger partial charge in [0.15, 0.2) is 0 Å². The van der Waals surface area contributed by atoms with E-state index in [9.17, 15) is 0 Å². The molecule has 1 aliphatic rings. The molecule has 1 heterocycles. The van der Waals surface area contributed by atoms with Gasteiger partial charge in [-0.3, -0.25) is 0 Å². The fourth-order valence-corrected chi connectivity index (χ4v) is 0.987. The molecule has 1 heteroatoms. The van der Waals surface area contributed by atoms with E-state index in [0.29, 0.717) is 0 Å². The molecule has 0 bridgehead atoms. The minimum atomic E-state index is 1.34. The van der Waals surface area contributed by atoms with Crippen LogP contribution in [0.4, 0.5) is 0 Å². The molecule has 0 aliphatic carbocycles. The summed E-state index contributed by atoms with van der Waals surface area (Å²) in [4.78, 5) is 2.52. The van der Waals surface area contributed by atoms with E-state index >= 15 is 0 Å². The average molecular weight is 113 g/mol. The molecular weight excluding hydrogens is 98.1 g/mol. The molecule has 48 valence electrons. The van der Waals surface area contributed by atoms with Crippen molar-refractivity contribution in [3.8, 4) is 0 Å². The molecule has 0 N–H and O–H groups in total. The molecular formula is C7H15N. The molecule has 0 saturated carbocycles. The normalized spacial score (nSPS) is 20.6. The molecule has 8 heavy (non-hydrogen) atoms. The summed E-state index contributed by atoms with van der Waals surface area (Å²) in [5.74, 6) is 0. The Hall–Kier alpha value is -0.0400. The topological polar surface area (TPSA) is 3.24 Å². The second-order valence-corrected chi connectivity index (χ2v) is 2.55. The minimum Gasteiger partial charge on any atom is -0.303 e. The Balaban J connectivity index is 1.86. The summed E-state index contributed by atoms with van der Waals surface area (Å²) >= 11 is 0. The second-order valence-electron chi connectivity index (χ2n) is 2.55. The molecule has 0 amide bonds. The van der Waals surface area contributed by atoms with Gasteiger partial charge in [-0.05, 0) is 32.5 Å². The molecule has 1 saturated heterocycles. The third-order valence-electron chi connectivity index (χ3n) is 1.78. The van der Waals surface area contributed by atoms with Crippen molar-refractivity contribution in [1.29, 1.82) is 0 Å². The van der Waals surface area contributed by atoms with Crippen LogP contribution < -0.4 is 0 Å². The summed E-state index contributed by atoms with van der Waals surface area (Å²) in [6.07, 6.45) is 4.17. The fourth-order valence-electron chi connectivity index (χ4n) is 0.987. The van der Waals surface area contributed by atoms with Crippen molar-refractivity contribution in [2.45, 2.75) is 26.2 Å². The molecule has 1 rings (SSSR count). The highest BCUT2D eigenvalue weighted by molar-refractivity contribution is 4.67. The number of rotatable bonds is 3. The quantitative estimate of drug-likeness (QED) is 0.536. The number of hydrogen-bond donors (Lipinski definition) is 0. The predicted octanol–water partition coefficient (Wildman–Crippen LogP) is 1.49. The highest BCUT2D eigenvalue weighted by Crippen LogP contribution is 2.05. The van der Waals surface area contributed by atoms with Gasteiger partial charge in [-0.1, -0.05) is 13.3 Å². The molecule has 0 aromatic heterocycles.